The lowest BCUT2D eigenvalue weighted by Gasteiger charge is -2.29. The molecule has 0 atom stereocenters. The number of piperidine rings is 1. The molecule has 1 aliphatic heterocycles. The second kappa shape index (κ2) is 6.15. The summed E-state index contributed by atoms with van der Waals surface area (Å²) in [6.45, 7) is 5.86. The van der Waals surface area contributed by atoms with Crippen LogP contribution in [0.5, 0.6) is 0 Å². The Hall–Kier alpha value is -1.05. The Kier molecular flexibility index (Phi) is 4.28. The van der Waals surface area contributed by atoms with E-state index in [9.17, 15) is 0 Å². The number of hydrogen-bond acceptors (Lipinski definition) is 6. The standard InChI is InChI=1S/C13H18N4OS2/c1-9-2-5-17(6-3-9)7-4-11-14-8-10(20-11)12-15-16-13(19)18-12/h8-9H,2-7H2,1H3,(H,16,19). The Morgan fingerprint density at radius 3 is 3.00 bits per heavy atom. The first-order valence-corrected chi connectivity index (χ1v) is 8.16. The van der Waals surface area contributed by atoms with Gasteiger partial charge >= 0.3 is 0 Å². The van der Waals surface area contributed by atoms with Crippen molar-refractivity contribution >= 4 is 23.6 Å². The SMILES string of the molecule is CC1CCN(CCc2ncc(-c3n[nH]c(=S)o3)s2)CC1. The fourth-order valence-corrected chi connectivity index (χ4v) is 3.36. The summed E-state index contributed by atoms with van der Waals surface area (Å²) in [5, 5.41) is 7.78. The molecule has 1 N–H and O–H groups in total. The largest absolute Gasteiger partial charge is 0.408 e. The van der Waals surface area contributed by atoms with Gasteiger partial charge < -0.3 is 9.32 Å². The fraction of sp³-hybridized carbons (Fsp3) is 0.615. The van der Waals surface area contributed by atoms with Crippen LogP contribution in [0.15, 0.2) is 10.6 Å². The van der Waals surface area contributed by atoms with Gasteiger partial charge in [-0.15, -0.1) is 16.4 Å². The number of H-pyrrole nitrogens is 1. The Labute approximate surface area is 127 Å². The van der Waals surface area contributed by atoms with Crippen molar-refractivity contribution < 1.29 is 4.42 Å². The van der Waals surface area contributed by atoms with Crippen LogP contribution in [0.25, 0.3) is 10.8 Å². The quantitative estimate of drug-likeness (QED) is 0.879. The molecule has 3 rings (SSSR count). The maximum absolute atomic E-state index is 5.30. The Balaban J connectivity index is 1.56. The molecule has 7 heteroatoms. The minimum atomic E-state index is 0.303. The second-order valence-corrected chi connectivity index (χ2v) is 6.80. The van der Waals surface area contributed by atoms with Crippen molar-refractivity contribution in [3.63, 3.8) is 0 Å². The van der Waals surface area contributed by atoms with Gasteiger partial charge in [-0.2, -0.15) is 0 Å². The lowest BCUT2D eigenvalue weighted by molar-refractivity contribution is 0.194. The molecule has 0 unspecified atom stereocenters. The Morgan fingerprint density at radius 1 is 1.50 bits per heavy atom. The molecule has 20 heavy (non-hydrogen) atoms. The highest BCUT2D eigenvalue weighted by molar-refractivity contribution is 7.71. The molecule has 3 heterocycles. The first-order chi connectivity index (χ1) is 9.70. The molecule has 2 aromatic heterocycles. The van der Waals surface area contributed by atoms with Crippen LogP contribution in [0.4, 0.5) is 0 Å². The number of aromatic amines is 1. The summed E-state index contributed by atoms with van der Waals surface area (Å²) < 4.78 is 5.30. The minimum Gasteiger partial charge on any atom is -0.408 e. The van der Waals surface area contributed by atoms with Crippen LogP contribution in [0, 0.1) is 10.8 Å². The summed E-state index contributed by atoms with van der Waals surface area (Å²) in [7, 11) is 0. The maximum atomic E-state index is 5.30. The van der Waals surface area contributed by atoms with Crippen LogP contribution in [0.3, 0.4) is 0 Å². The zero-order valence-corrected chi connectivity index (χ0v) is 13.1. The normalized spacial score (nSPS) is 17.6. The highest BCUT2D eigenvalue weighted by atomic mass is 32.1. The molecule has 0 saturated carbocycles. The third-order valence-electron chi connectivity index (χ3n) is 3.72. The van der Waals surface area contributed by atoms with Crippen molar-refractivity contribution in [2.75, 3.05) is 19.6 Å². The predicted octanol–water partition coefficient (Wildman–Crippen LogP) is 3.13. The van der Waals surface area contributed by atoms with Gasteiger partial charge in [0, 0.05) is 13.0 Å². The van der Waals surface area contributed by atoms with Gasteiger partial charge in [-0.3, -0.25) is 0 Å². The first kappa shape index (κ1) is 13.9. The monoisotopic (exact) mass is 310 g/mol. The highest BCUT2D eigenvalue weighted by Gasteiger charge is 2.16. The lowest BCUT2D eigenvalue weighted by Crippen LogP contribution is -2.34. The first-order valence-electron chi connectivity index (χ1n) is 6.93. The van der Waals surface area contributed by atoms with Crippen LogP contribution in [-0.4, -0.2) is 39.7 Å². The van der Waals surface area contributed by atoms with Crippen molar-refractivity contribution in [1.29, 1.82) is 0 Å². The molecule has 0 aromatic carbocycles. The number of thiazole rings is 1. The van der Waals surface area contributed by atoms with E-state index >= 15 is 0 Å². The van der Waals surface area contributed by atoms with Crippen LogP contribution < -0.4 is 0 Å². The summed E-state index contributed by atoms with van der Waals surface area (Å²) >= 11 is 6.51. The third-order valence-corrected chi connectivity index (χ3v) is 4.94. The van der Waals surface area contributed by atoms with Crippen LogP contribution in [-0.2, 0) is 6.42 Å². The van der Waals surface area contributed by atoms with Crippen molar-refractivity contribution in [3.8, 4) is 10.8 Å². The number of nitrogens with one attached hydrogen (secondary N) is 1. The molecule has 1 aliphatic rings. The fourth-order valence-electron chi connectivity index (χ4n) is 2.40. The van der Waals surface area contributed by atoms with Crippen LogP contribution >= 0.6 is 23.6 Å². The van der Waals surface area contributed by atoms with E-state index < -0.39 is 0 Å². The molecule has 1 saturated heterocycles. The van der Waals surface area contributed by atoms with Crippen molar-refractivity contribution in [2.45, 2.75) is 26.2 Å². The summed E-state index contributed by atoms with van der Waals surface area (Å²) in [6, 6.07) is 0. The Morgan fingerprint density at radius 2 is 2.30 bits per heavy atom. The second-order valence-electron chi connectivity index (χ2n) is 5.31. The number of rotatable bonds is 4. The van der Waals surface area contributed by atoms with Gasteiger partial charge in [0.25, 0.3) is 10.7 Å². The predicted molar refractivity (Wildman–Crippen MR) is 81.3 cm³/mol. The summed E-state index contributed by atoms with van der Waals surface area (Å²) in [6.07, 6.45) is 5.44. The summed E-state index contributed by atoms with van der Waals surface area (Å²) in [4.78, 5) is 8.21. The van der Waals surface area contributed by atoms with E-state index in [0.29, 0.717) is 10.7 Å². The van der Waals surface area contributed by atoms with Crippen LogP contribution in [0.1, 0.15) is 24.8 Å². The van der Waals surface area contributed by atoms with Gasteiger partial charge in [0.2, 0.25) is 0 Å². The molecule has 1 fully saturated rings. The topological polar surface area (TPSA) is 58.0 Å². The number of hydrogen-bond donors (Lipinski definition) is 1. The molecule has 2 aromatic rings. The van der Waals surface area contributed by atoms with E-state index in [1.165, 1.54) is 25.9 Å². The smallest absolute Gasteiger partial charge is 0.284 e. The van der Waals surface area contributed by atoms with Crippen molar-refractivity contribution in [3.05, 3.63) is 16.0 Å². The zero-order chi connectivity index (χ0) is 13.9. The average molecular weight is 310 g/mol. The lowest BCUT2D eigenvalue weighted by atomic mass is 9.99. The van der Waals surface area contributed by atoms with Gasteiger partial charge in [0.1, 0.15) is 4.88 Å². The third kappa shape index (κ3) is 3.34. The molecule has 0 aliphatic carbocycles. The molecular weight excluding hydrogens is 292 g/mol. The number of aromatic nitrogens is 3. The van der Waals surface area contributed by atoms with E-state index in [1.807, 2.05) is 6.20 Å². The maximum Gasteiger partial charge on any atom is 0.284 e. The number of likely N-dealkylation sites (tertiary alicyclic amines) is 1. The number of nitrogens with zero attached hydrogens (tertiary/aromatic N) is 3. The summed E-state index contributed by atoms with van der Waals surface area (Å²) in [5.74, 6) is 1.41. The van der Waals surface area contributed by atoms with E-state index in [-0.39, 0.29) is 0 Å². The molecule has 0 amide bonds. The zero-order valence-electron chi connectivity index (χ0n) is 11.5. The van der Waals surface area contributed by atoms with Crippen molar-refractivity contribution in [2.24, 2.45) is 5.92 Å². The molecule has 0 bridgehead atoms. The molecule has 0 spiro atoms. The Bertz CT molecular complexity index is 610. The minimum absolute atomic E-state index is 0.303. The highest BCUT2D eigenvalue weighted by Crippen LogP contribution is 2.25. The molecule has 0 radical (unpaired) electrons. The van der Waals surface area contributed by atoms with E-state index in [0.717, 1.165) is 28.8 Å². The van der Waals surface area contributed by atoms with Gasteiger partial charge in [-0.1, -0.05) is 6.92 Å². The van der Waals surface area contributed by atoms with Crippen molar-refractivity contribution in [1.82, 2.24) is 20.1 Å². The van der Waals surface area contributed by atoms with Gasteiger partial charge in [0.05, 0.1) is 11.2 Å². The van der Waals surface area contributed by atoms with Gasteiger partial charge in [-0.05, 0) is 44.1 Å². The average Bonchev–Trinajstić information content (AvgIpc) is 3.07. The summed E-state index contributed by atoms with van der Waals surface area (Å²) in [5.41, 5.74) is 0. The van der Waals surface area contributed by atoms with E-state index in [2.05, 4.69) is 27.0 Å². The molecular formula is C13H18N4OS2. The molecule has 108 valence electrons. The van der Waals surface area contributed by atoms with Gasteiger partial charge in [-0.25, -0.2) is 10.1 Å². The van der Waals surface area contributed by atoms with Gasteiger partial charge in [0.15, 0.2) is 0 Å². The van der Waals surface area contributed by atoms with E-state index in [1.54, 1.807) is 11.3 Å². The molecule has 5 nitrogen and oxygen atoms in total. The van der Waals surface area contributed by atoms with E-state index in [4.69, 9.17) is 16.6 Å². The van der Waals surface area contributed by atoms with Crippen LogP contribution in [0.2, 0.25) is 0 Å².